The van der Waals surface area contributed by atoms with E-state index in [2.05, 4.69) is 33.0 Å². The van der Waals surface area contributed by atoms with Gasteiger partial charge in [0.2, 0.25) is 11.8 Å². The third kappa shape index (κ3) is 2.69. The smallest absolute Gasteiger partial charge is 0.249 e. The summed E-state index contributed by atoms with van der Waals surface area (Å²) in [5.41, 5.74) is -0.757. The van der Waals surface area contributed by atoms with Crippen molar-refractivity contribution in [2.75, 3.05) is 0 Å². The molecule has 1 N–H and O–H groups in total. The summed E-state index contributed by atoms with van der Waals surface area (Å²) in [6, 6.07) is -0.333. The summed E-state index contributed by atoms with van der Waals surface area (Å²) in [7, 11) is 0. The molecule has 0 aromatic rings. The first kappa shape index (κ1) is 16.3. The third-order valence-corrected chi connectivity index (χ3v) is 5.33. The summed E-state index contributed by atoms with van der Waals surface area (Å²) < 4.78 is 0. The molecule has 1 saturated carbocycles. The zero-order valence-corrected chi connectivity index (χ0v) is 14.5. The van der Waals surface area contributed by atoms with Crippen molar-refractivity contribution < 1.29 is 9.59 Å². The number of hydrogen-bond acceptors (Lipinski definition) is 2. The topological polar surface area (TPSA) is 49.4 Å². The van der Waals surface area contributed by atoms with Gasteiger partial charge in [0, 0.05) is 6.04 Å². The van der Waals surface area contributed by atoms with Crippen molar-refractivity contribution in [1.82, 2.24) is 10.2 Å². The third-order valence-electron chi connectivity index (χ3n) is 5.33. The highest BCUT2D eigenvalue weighted by molar-refractivity contribution is 6.00. The van der Waals surface area contributed by atoms with Crippen LogP contribution in [0.4, 0.5) is 0 Å². The average molecular weight is 294 g/mol. The first-order chi connectivity index (χ1) is 9.50. The molecule has 120 valence electrons. The van der Waals surface area contributed by atoms with Crippen LogP contribution in [0.15, 0.2) is 0 Å². The highest BCUT2D eigenvalue weighted by Crippen LogP contribution is 2.44. The minimum Gasteiger partial charge on any atom is -0.340 e. The van der Waals surface area contributed by atoms with Crippen molar-refractivity contribution in [3.8, 4) is 0 Å². The molecule has 1 saturated heterocycles. The molecule has 1 aliphatic heterocycles. The zero-order chi connectivity index (χ0) is 16.2. The van der Waals surface area contributed by atoms with Gasteiger partial charge in [-0.15, -0.1) is 0 Å². The Hall–Kier alpha value is -1.06. The fourth-order valence-corrected chi connectivity index (χ4v) is 3.30. The molecule has 0 bridgehead atoms. The maximum absolute atomic E-state index is 13.2. The lowest BCUT2D eigenvalue weighted by Gasteiger charge is -2.51. The van der Waals surface area contributed by atoms with Crippen LogP contribution in [0.25, 0.3) is 0 Å². The molecule has 1 aliphatic carbocycles. The van der Waals surface area contributed by atoms with E-state index in [-0.39, 0.29) is 35.2 Å². The van der Waals surface area contributed by atoms with E-state index >= 15 is 0 Å². The van der Waals surface area contributed by atoms with Gasteiger partial charge in [-0.3, -0.25) is 9.59 Å². The zero-order valence-electron chi connectivity index (χ0n) is 14.5. The van der Waals surface area contributed by atoms with Gasteiger partial charge in [0.05, 0.1) is 0 Å². The number of rotatable bonds is 3. The van der Waals surface area contributed by atoms with Gasteiger partial charge >= 0.3 is 0 Å². The van der Waals surface area contributed by atoms with E-state index in [9.17, 15) is 9.59 Å². The van der Waals surface area contributed by atoms with Gasteiger partial charge in [0.1, 0.15) is 11.6 Å². The lowest BCUT2D eigenvalue weighted by Crippen LogP contribution is -2.73. The predicted molar refractivity (Wildman–Crippen MR) is 83.7 cm³/mol. The van der Waals surface area contributed by atoms with Gasteiger partial charge in [0.25, 0.3) is 0 Å². The molecule has 4 heteroatoms. The quantitative estimate of drug-likeness (QED) is 0.869. The van der Waals surface area contributed by atoms with Crippen LogP contribution in [0.5, 0.6) is 0 Å². The second-order valence-electron chi connectivity index (χ2n) is 8.41. The normalized spacial score (nSPS) is 32.4. The van der Waals surface area contributed by atoms with Gasteiger partial charge in [-0.1, -0.05) is 34.6 Å². The molecular formula is C17H30N2O2. The van der Waals surface area contributed by atoms with Crippen LogP contribution >= 0.6 is 0 Å². The summed E-state index contributed by atoms with van der Waals surface area (Å²) in [6.07, 6.45) is 2.07. The van der Waals surface area contributed by atoms with Crippen LogP contribution in [-0.2, 0) is 9.59 Å². The van der Waals surface area contributed by atoms with Crippen molar-refractivity contribution in [3.05, 3.63) is 0 Å². The van der Waals surface area contributed by atoms with Crippen molar-refractivity contribution >= 4 is 11.8 Å². The molecule has 0 aromatic carbocycles. The van der Waals surface area contributed by atoms with Gasteiger partial charge in [-0.2, -0.15) is 0 Å². The summed E-state index contributed by atoms with van der Waals surface area (Å²) in [5, 5.41) is 3.04. The number of amides is 2. The molecule has 2 aliphatic rings. The fourth-order valence-electron chi connectivity index (χ4n) is 3.30. The molecule has 4 nitrogen and oxygen atoms in total. The lowest BCUT2D eigenvalue weighted by molar-refractivity contribution is -0.162. The van der Waals surface area contributed by atoms with Crippen molar-refractivity contribution in [2.45, 2.75) is 78.9 Å². The Morgan fingerprint density at radius 1 is 1.19 bits per heavy atom. The molecule has 0 radical (unpaired) electrons. The van der Waals surface area contributed by atoms with E-state index in [1.165, 1.54) is 0 Å². The molecule has 1 heterocycles. The number of carbonyl (C=O) groups is 2. The molecule has 21 heavy (non-hydrogen) atoms. The number of nitrogens with zero attached hydrogens (tertiary/aromatic N) is 1. The molecule has 0 spiro atoms. The maximum atomic E-state index is 13.2. The van der Waals surface area contributed by atoms with Gasteiger partial charge < -0.3 is 10.2 Å². The largest absolute Gasteiger partial charge is 0.340 e. The molecule has 2 rings (SSSR count). The van der Waals surface area contributed by atoms with E-state index in [0.29, 0.717) is 5.92 Å². The molecule has 2 amide bonds. The Morgan fingerprint density at radius 2 is 1.71 bits per heavy atom. The Morgan fingerprint density at radius 3 is 2.10 bits per heavy atom. The van der Waals surface area contributed by atoms with Crippen LogP contribution in [0.3, 0.4) is 0 Å². The Bertz CT molecular complexity index is 448. The van der Waals surface area contributed by atoms with Gasteiger partial charge in [-0.25, -0.2) is 0 Å². The Kier molecular flexibility index (Phi) is 3.88. The van der Waals surface area contributed by atoms with Crippen molar-refractivity contribution in [1.29, 1.82) is 0 Å². The maximum Gasteiger partial charge on any atom is 0.249 e. The second kappa shape index (κ2) is 4.99. The highest BCUT2D eigenvalue weighted by Gasteiger charge is 2.57. The lowest BCUT2D eigenvalue weighted by atomic mass is 9.80. The van der Waals surface area contributed by atoms with E-state index in [4.69, 9.17) is 0 Å². The summed E-state index contributed by atoms with van der Waals surface area (Å²) in [5.74, 6) is 0.528. The Labute approximate surface area is 128 Å². The van der Waals surface area contributed by atoms with Crippen molar-refractivity contribution in [2.24, 2.45) is 17.3 Å². The van der Waals surface area contributed by atoms with Crippen LogP contribution in [0.2, 0.25) is 0 Å². The first-order valence-electron chi connectivity index (χ1n) is 8.15. The highest BCUT2D eigenvalue weighted by atomic mass is 16.2. The van der Waals surface area contributed by atoms with E-state index in [0.717, 1.165) is 12.8 Å². The molecule has 3 atom stereocenters. The number of piperazine rings is 1. The first-order valence-corrected chi connectivity index (χ1v) is 8.15. The minimum atomic E-state index is -0.706. The minimum absolute atomic E-state index is 0.00935. The van der Waals surface area contributed by atoms with Crippen LogP contribution in [0, 0.1) is 17.3 Å². The monoisotopic (exact) mass is 294 g/mol. The second-order valence-corrected chi connectivity index (χ2v) is 8.41. The van der Waals surface area contributed by atoms with Crippen molar-refractivity contribution in [3.63, 3.8) is 0 Å². The SMILES string of the molecule is CC(C)C1C(=O)NC(C)(C2CC2)C(=O)N1C(C)C(C)(C)C. The average Bonchev–Trinajstić information content (AvgIpc) is 3.14. The summed E-state index contributed by atoms with van der Waals surface area (Å²) >= 11 is 0. The Balaban J connectivity index is 2.42. The standard InChI is InChI=1S/C17H30N2O2/c1-10(2)13-14(20)18-17(7,12-8-9-12)15(21)19(13)11(3)16(4,5)6/h10-13H,8-9H2,1-7H3,(H,18,20). The van der Waals surface area contributed by atoms with Gasteiger partial charge in [-0.05, 0) is 43.9 Å². The van der Waals surface area contributed by atoms with Gasteiger partial charge in [0.15, 0.2) is 0 Å². The molecular weight excluding hydrogens is 264 g/mol. The van der Waals surface area contributed by atoms with E-state index in [1.54, 1.807) is 0 Å². The van der Waals surface area contributed by atoms with Crippen LogP contribution in [0.1, 0.15) is 61.3 Å². The fraction of sp³-hybridized carbons (Fsp3) is 0.882. The van der Waals surface area contributed by atoms with E-state index in [1.807, 2.05) is 25.7 Å². The number of hydrogen-bond donors (Lipinski definition) is 1. The molecule has 3 unspecified atom stereocenters. The molecule has 0 aromatic heterocycles. The number of carbonyl (C=O) groups excluding carboxylic acids is 2. The number of nitrogens with one attached hydrogen (secondary N) is 1. The van der Waals surface area contributed by atoms with E-state index < -0.39 is 5.54 Å². The van der Waals surface area contributed by atoms with Crippen LogP contribution in [-0.4, -0.2) is 34.3 Å². The summed E-state index contributed by atoms with van der Waals surface area (Å²) in [4.78, 5) is 27.7. The molecule has 2 fully saturated rings. The predicted octanol–water partition coefficient (Wildman–Crippen LogP) is 2.57. The van der Waals surface area contributed by atoms with Crippen LogP contribution < -0.4 is 5.32 Å². The summed E-state index contributed by atoms with van der Waals surface area (Å²) in [6.45, 7) is 14.4.